The van der Waals surface area contributed by atoms with Crippen molar-refractivity contribution in [3.63, 3.8) is 0 Å². The molecular formula is C29H42N2O3. The molecule has 5 heteroatoms. The molecule has 0 bridgehead atoms. The summed E-state index contributed by atoms with van der Waals surface area (Å²) in [6.45, 7) is 17.3. The van der Waals surface area contributed by atoms with Gasteiger partial charge in [0, 0.05) is 37.6 Å². The van der Waals surface area contributed by atoms with E-state index >= 15 is 0 Å². The van der Waals surface area contributed by atoms with Gasteiger partial charge in [0.25, 0.3) is 0 Å². The molecule has 1 fully saturated rings. The van der Waals surface area contributed by atoms with E-state index in [1.807, 2.05) is 26.0 Å². The third kappa shape index (κ3) is 6.96. The Morgan fingerprint density at radius 1 is 1.06 bits per heavy atom. The Hall–Kier alpha value is -2.58. The summed E-state index contributed by atoms with van der Waals surface area (Å²) in [6.07, 6.45) is 2.24. The number of rotatable bonds is 3. The van der Waals surface area contributed by atoms with E-state index in [9.17, 15) is 14.7 Å². The first-order valence-corrected chi connectivity index (χ1v) is 12.5. The molecular weight excluding hydrogens is 424 g/mol. The minimum atomic E-state index is -0.279. The standard InChI is InChI=1S/C23H27NO3.C6H15N/c1-5-6-18-11-15(2)21(16(3)12-18)22-19(26)13-23(14-20(22)27)7-9-24(10-8-23)17(4)25;1-5(2)7-6(3)4/h11-12,26H,7-10,13-14H2,1-4H3;5-7H,1-4H3. The average Bonchev–Trinajstić information content (AvgIpc) is 2.69. The molecule has 1 aromatic rings. The summed E-state index contributed by atoms with van der Waals surface area (Å²) < 4.78 is 0. The van der Waals surface area contributed by atoms with Crippen LogP contribution in [0.2, 0.25) is 0 Å². The van der Waals surface area contributed by atoms with Gasteiger partial charge in [-0.05, 0) is 102 Å². The topological polar surface area (TPSA) is 77.0 Å². The van der Waals surface area contributed by atoms with Crippen molar-refractivity contribution < 1.29 is 20.0 Å². The van der Waals surface area contributed by atoms with E-state index in [-0.39, 0.29) is 22.9 Å². The van der Waals surface area contributed by atoms with Gasteiger partial charge in [-0.3, -0.25) is 9.59 Å². The summed E-state index contributed by atoms with van der Waals surface area (Å²) >= 11 is 0. The molecule has 1 saturated heterocycles. The highest BCUT2D eigenvalue weighted by Gasteiger charge is 2.41. The van der Waals surface area contributed by atoms with Gasteiger partial charge in [-0.15, -0.1) is 11.7 Å². The Morgan fingerprint density at radius 3 is 1.97 bits per heavy atom. The second-order valence-electron chi connectivity index (χ2n) is 10.6. The summed E-state index contributed by atoms with van der Waals surface area (Å²) in [5, 5.41) is 15.4. The number of carbonyl (C=O) groups excluding carboxylic acids is 2. The molecule has 3 rings (SSSR count). The van der Waals surface area contributed by atoms with Crippen LogP contribution in [0.3, 0.4) is 0 Å². The second kappa shape index (κ2) is 11.7. The van der Waals surface area contributed by atoms with Crippen LogP contribution < -0.4 is 10.4 Å². The average molecular weight is 467 g/mol. The molecule has 1 amide bonds. The molecule has 1 heterocycles. The third-order valence-corrected chi connectivity index (χ3v) is 6.72. The normalized spacial score (nSPS) is 17.5. The number of allylic oxidation sites excluding steroid dienone is 2. The van der Waals surface area contributed by atoms with E-state index in [0.29, 0.717) is 31.5 Å². The first-order valence-electron chi connectivity index (χ1n) is 12.5. The van der Waals surface area contributed by atoms with Crippen molar-refractivity contribution in [2.24, 2.45) is 5.41 Å². The fourth-order valence-electron chi connectivity index (χ4n) is 5.35. The van der Waals surface area contributed by atoms with Crippen LogP contribution in [-0.2, 0) is 9.59 Å². The van der Waals surface area contributed by atoms with Crippen LogP contribution in [0.25, 0.3) is 5.57 Å². The molecule has 2 N–H and O–H groups in total. The number of ketones is 1. The van der Waals surface area contributed by atoms with Crippen LogP contribution in [0.5, 0.6) is 0 Å². The van der Waals surface area contributed by atoms with Crippen molar-refractivity contribution >= 4 is 17.3 Å². The molecule has 0 radical (unpaired) electrons. The van der Waals surface area contributed by atoms with E-state index in [4.69, 9.17) is 0 Å². The largest absolute Gasteiger partial charge is 0.875 e. The molecule has 1 aliphatic carbocycles. The van der Waals surface area contributed by atoms with Crippen LogP contribution in [-0.4, -0.2) is 41.8 Å². The van der Waals surface area contributed by atoms with Gasteiger partial charge in [0.2, 0.25) is 5.91 Å². The quantitative estimate of drug-likeness (QED) is 0.696. The molecule has 2 aliphatic rings. The lowest BCUT2D eigenvalue weighted by atomic mass is 9.66. The lowest BCUT2D eigenvalue weighted by Crippen LogP contribution is -2.92. The molecule has 0 aromatic heterocycles. The molecule has 1 spiro atoms. The Bertz CT molecular complexity index is 971. The number of amides is 1. The predicted molar refractivity (Wildman–Crippen MR) is 136 cm³/mol. The molecule has 0 atom stereocenters. The molecule has 186 valence electrons. The summed E-state index contributed by atoms with van der Waals surface area (Å²) in [6, 6.07) is 5.39. The van der Waals surface area contributed by atoms with Gasteiger partial charge in [0.1, 0.15) is 0 Å². The number of hydrogen-bond acceptors (Lipinski definition) is 3. The Balaban J connectivity index is 0.000000509. The number of aryl methyl sites for hydroxylation is 2. The minimum absolute atomic E-state index is 0.0527. The molecule has 34 heavy (non-hydrogen) atoms. The maximum atomic E-state index is 13.0. The lowest BCUT2D eigenvalue weighted by molar-refractivity contribution is -0.709. The number of nitrogens with two attached hydrogens (primary N) is 1. The Morgan fingerprint density at radius 2 is 1.59 bits per heavy atom. The number of hydrogen-bond donors (Lipinski definition) is 1. The van der Waals surface area contributed by atoms with Crippen molar-refractivity contribution in [3.8, 4) is 11.8 Å². The van der Waals surface area contributed by atoms with E-state index < -0.39 is 0 Å². The number of carbonyl (C=O) groups is 2. The number of piperidine rings is 1. The lowest BCUT2D eigenvalue weighted by Gasteiger charge is -2.46. The number of nitrogens with zero attached hydrogens (tertiary/aromatic N) is 1. The van der Waals surface area contributed by atoms with Crippen LogP contribution >= 0.6 is 0 Å². The molecule has 1 aliphatic heterocycles. The third-order valence-electron chi connectivity index (χ3n) is 6.72. The van der Waals surface area contributed by atoms with Crippen LogP contribution in [0.15, 0.2) is 17.9 Å². The van der Waals surface area contributed by atoms with Crippen molar-refractivity contribution in [2.45, 2.75) is 93.2 Å². The van der Waals surface area contributed by atoms with Gasteiger partial charge in [-0.1, -0.05) is 5.92 Å². The second-order valence-corrected chi connectivity index (χ2v) is 10.6. The summed E-state index contributed by atoms with van der Waals surface area (Å²) in [4.78, 5) is 26.4. The summed E-state index contributed by atoms with van der Waals surface area (Å²) in [7, 11) is 0. The Labute approximate surface area is 206 Å². The smallest absolute Gasteiger partial charge is 0.219 e. The predicted octanol–water partition coefficient (Wildman–Crippen LogP) is 3.10. The zero-order chi connectivity index (χ0) is 25.6. The maximum Gasteiger partial charge on any atom is 0.219 e. The van der Waals surface area contributed by atoms with Crippen molar-refractivity contribution in [1.29, 1.82) is 0 Å². The molecule has 0 unspecified atom stereocenters. The maximum absolute atomic E-state index is 13.0. The van der Waals surface area contributed by atoms with E-state index in [1.54, 1.807) is 18.7 Å². The number of Topliss-reactive ketones (excluding diaryl/α,β-unsaturated/α-hetero) is 1. The van der Waals surface area contributed by atoms with E-state index in [0.717, 1.165) is 47.2 Å². The van der Waals surface area contributed by atoms with E-state index in [2.05, 4.69) is 44.9 Å². The van der Waals surface area contributed by atoms with Crippen LogP contribution in [0.1, 0.15) is 89.5 Å². The van der Waals surface area contributed by atoms with Gasteiger partial charge in [0.15, 0.2) is 5.78 Å². The zero-order valence-corrected chi connectivity index (χ0v) is 22.3. The van der Waals surface area contributed by atoms with Gasteiger partial charge >= 0.3 is 0 Å². The molecule has 0 saturated carbocycles. The van der Waals surface area contributed by atoms with Gasteiger partial charge < -0.3 is 15.3 Å². The minimum Gasteiger partial charge on any atom is -0.875 e. The first kappa shape index (κ1) is 27.7. The van der Waals surface area contributed by atoms with Crippen LogP contribution in [0, 0.1) is 31.1 Å². The fourth-order valence-corrected chi connectivity index (χ4v) is 5.35. The van der Waals surface area contributed by atoms with Gasteiger partial charge in [-0.25, -0.2) is 0 Å². The Kier molecular flexibility index (Phi) is 9.53. The van der Waals surface area contributed by atoms with Gasteiger partial charge in [0.05, 0.1) is 12.1 Å². The highest BCUT2D eigenvalue weighted by atomic mass is 16.3. The zero-order valence-electron chi connectivity index (χ0n) is 22.3. The monoisotopic (exact) mass is 466 g/mol. The van der Waals surface area contributed by atoms with Gasteiger partial charge in [-0.2, -0.15) is 0 Å². The SMILES string of the molecule is CC#Cc1cc(C)c(C2=C([O-])CC3(CCN(C(C)=O)CC3)CC2=O)c(C)c1.CC(C)[NH2+]C(C)C. The van der Waals surface area contributed by atoms with E-state index in [1.165, 1.54) is 0 Å². The molecule has 5 nitrogen and oxygen atoms in total. The molecule has 1 aromatic carbocycles. The number of quaternary nitrogens is 1. The van der Waals surface area contributed by atoms with Crippen LogP contribution in [0.4, 0.5) is 0 Å². The van der Waals surface area contributed by atoms with Crippen molar-refractivity contribution in [3.05, 3.63) is 40.1 Å². The fraction of sp³-hybridized carbons (Fsp3) is 0.586. The van der Waals surface area contributed by atoms with Crippen molar-refractivity contribution in [2.75, 3.05) is 13.1 Å². The highest BCUT2D eigenvalue weighted by molar-refractivity contribution is 6.23. The highest BCUT2D eigenvalue weighted by Crippen LogP contribution is 2.46. The summed E-state index contributed by atoms with van der Waals surface area (Å²) in [5.41, 5.74) is 3.61. The summed E-state index contributed by atoms with van der Waals surface area (Å²) in [5.74, 6) is 5.88. The number of benzene rings is 1. The first-order chi connectivity index (χ1) is 15.9. The van der Waals surface area contributed by atoms with Crippen molar-refractivity contribution in [1.82, 2.24) is 4.90 Å². The number of likely N-dealkylation sites (tertiary alicyclic amines) is 1.